The van der Waals surface area contributed by atoms with Crippen molar-refractivity contribution in [2.75, 3.05) is 33.2 Å². The maximum absolute atomic E-state index is 11.6. The first-order chi connectivity index (χ1) is 7.76. The van der Waals surface area contributed by atoms with Crippen molar-refractivity contribution in [2.24, 2.45) is 0 Å². The maximum atomic E-state index is 11.6. The fourth-order valence-corrected chi connectivity index (χ4v) is 2.12. The Labute approximate surface area is 98.8 Å². The van der Waals surface area contributed by atoms with E-state index in [0.29, 0.717) is 12.5 Å². The fraction of sp³-hybridized carbons (Fsp3) is 0.917. The van der Waals surface area contributed by atoms with Gasteiger partial charge in [-0.1, -0.05) is 6.92 Å². The highest BCUT2D eigenvalue weighted by Gasteiger charge is 2.19. The summed E-state index contributed by atoms with van der Waals surface area (Å²) in [5.74, 6) is 0.213. The quantitative estimate of drug-likeness (QED) is 0.653. The van der Waals surface area contributed by atoms with Gasteiger partial charge in [0.1, 0.15) is 0 Å². The Hall–Kier alpha value is -0.610. The summed E-state index contributed by atoms with van der Waals surface area (Å²) in [5, 5.41) is 6.18. The molecule has 0 aliphatic carbocycles. The third-order valence-corrected chi connectivity index (χ3v) is 3.23. The number of rotatable bonds is 6. The number of carbonyl (C=O) groups is 1. The number of likely N-dealkylation sites (tertiary alicyclic amines) is 1. The topological polar surface area (TPSA) is 44.4 Å². The Morgan fingerprint density at radius 1 is 1.38 bits per heavy atom. The smallest absolute Gasteiger partial charge is 0.220 e. The van der Waals surface area contributed by atoms with Gasteiger partial charge in [0.2, 0.25) is 5.91 Å². The highest BCUT2D eigenvalue weighted by atomic mass is 16.1. The van der Waals surface area contributed by atoms with Crippen LogP contribution in [0.3, 0.4) is 0 Å². The lowest BCUT2D eigenvalue weighted by Crippen LogP contribution is -2.44. The Morgan fingerprint density at radius 2 is 2.06 bits per heavy atom. The van der Waals surface area contributed by atoms with E-state index in [-0.39, 0.29) is 5.91 Å². The molecule has 0 aromatic rings. The minimum absolute atomic E-state index is 0.213. The summed E-state index contributed by atoms with van der Waals surface area (Å²) in [6, 6.07) is 0.407. The molecule has 4 nitrogen and oxygen atoms in total. The number of nitrogens with zero attached hydrogens (tertiary/aromatic N) is 1. The van der Waals surface area contributed by atoms with Crippen LogP contribution in [0.25, 0.3) is 0 Å². The van der Waals surface area contributed by atoms with Gasteiger partial charge in [-0.2, -0.15) is 0 Å². The van der Waals surface area contributed by atoms with Crippen LogP contribution in [0.5, 0.6) is 0 Å². The molecule has 0 spiro atoms. The molecule has 0 atom stereocenters. The number of hydrogen-bond donors (Lipinski definition) is 2. The van der Waals surface area contributed by atoms with Gasteiger partial charge in [0, 0.05) is 25.6 Å². The second-order valence-corrected chi connectivity index (χ2v) is 4.48. The summed E-state index contributed by atoms with van der Waals surface area (Å²) in [7, 11) is 1.92. The Bertz CT molecular complexity index is 200. The van der Waals surface area contributed by atoms with E-state index < -0.39 is 0 Å². The third kappa shape index (κ3) is 4.94. The number of nitrogens with one attached hydrogen (secondary N) is 2. The SMILES string of the molecule is CCN1CCC(NC(=O)CCCNC)CC1. The minimum Gasteiger partial charge on any atom is -0.353 e. The maximum Gasteiger partial charge on any atom is 0.220 e. The first-order valence-corrected chi connectivity index (χ1v) is 6.42. The first kappa shape index (κ1) is 13.5. The summed E-state index contributed by atoms with van der Waals surface area (Å²) in [5.41, 5.74) is 0. The van der Waals surface area contributed by atoms with Crippen LogP contribution in [0.4, 0.5) is 0 Å². The summed E-state index contributed by atoms with van der Waals surface area (Å²) in [6.07, 6.45) is 3.78. The van der Waals surface area contributed by atoms with Gasteiger partial charge in [0.05, 0.1) is 0 Å². The van der Waals surface area contributed by atoms with Gasteiger partial charge in [-0.3, -0.25) is 4.79 Å². The van der Waals surface area contributed by atoms with E-state index in [2.05, 4.69) is 22.5 Å². The van der Waals surface area contributed by atoms with Gasteiger partial charge in [-0.25, -0.2) is 0 Å². The molecule has 1 saturated heterocycles. The second-order valence-electron chi connectivity index (χ2n) is 4.48. The Balaban J connectivity index is 2.10. The lowest BCUT2D eigenvalue weighted by molar-refractivity contribution is -0.122. The van der Waals surface area contributed by atoms with E-state index >= 15 is 0 Å². The van der Waals surface area contributed by atoms with E-state index in [1.54, 1.807) is 0 Å². The highest BCUT2D eigenvalue weighted by molar-refractivity contribution is 5.76. The monoisotopic (exact) mass is 227 g/mol. The largest absolute Gasteiger partial charge is 0.353 e. The predicted molar refractivity (Wildman–Crippen MR) is 66.4 cm³/mol. The molecule has 94 valence electrons. The number of hydrogen-bond acceptors (Lipinski definition) is 3. The molecule has 16 heavy (non-hydrogen) atoms. The van der Waals surface area contributed by atoms with Crippen LogP contribution in [0, 0.1) is 0 Å². The molecule has 1 rings (SSSR count). The van der Waals surface area contributed by atoms with Crippen LogP contribution >= 0.6 is 0 Å². The molecule has 1 aliphatic rings. The van der Waals surface area contributed by atoms with Crippen molar-refractivity contribution < 1.29 is 4.79 Å². The second kappa shape index (κ2) is 7.63. The van der Waals surface area contributed by atoms with Crippen LogP contribution in [-0.2, 0) is 4.79 Å². The Kier molecular flexibility index (Phi) is 6.42. The number of amides is 1. The average Bonchev–Trinajstić information content (AvgIpc) is 2.30. The van der Waals surface area contributed by atoms with Gasteiger partial charge in [0.15, 0.2) is 0 Å². The van der Waals surface area contributed by atoms with Crippen LogP contribution < -0.4 is 10.6 Å². The molecular formula is C12H25N3O. The molecule has 1 fully saturated rings. The average molecular weight is 227 g/mol. The lowest BCUT2D eigenvalue weighted by Gasteiger charge is -2.31. The molecule has 0 aromatic carbocycles. The van der Waals surface area contributed by atoms with Crippen molar-refractivity contribution in [2.45, 2.75) is 38.6 Å². The van der Waals surface area contributed by atoms with Crippen molar-refractivity contribution >= 4 is 5.91 Å². The fourth-order valence-electron chi connectivity index (χ4n) is 2.12. The molecule has 0 radical (unpaired) electrons. The molecule has 1 amide bonds. The van der Waals surface area contributed by atoms with Crippen LogP contribution in [-0.4, -0.2) is 50.1 Å². The zero-order chi connectivity index (χ0) is 11.8. The van der Waals surface area contributed by atoms with Crippen LogP contribution in [0.1, 0.15) is 32.6 Å². The summed E-state index contributed by atoms with van der Waals surface area (Å²) < 4.78 is 0. The zero-order valence-corrected chi connectivity index (χ0v) is 10.6. The van der Waals surface area contributed by atoms with Gasteiger partial charge >= 0.3 is 0 Å². The van der Waals surface area contributed by atoms with Crippen molar-refractivity contribution in [1.82, 2.24) is 15.5 Å². The van der Waals surface area contributed by atoms with E-state index in [1.165, 1.54) is 0 Å². The molecule has 1 heterocycles. The molecule has 0 bridgehead atoms. The molecular weight excluding hydrogens is 202 g/mol. The zero-order valence-electron chi connectivity index (χ0n) is 10.6. The molecule has 4 heteroatoms. The summed E-state index contributed by atoms with van der Waals surface area (Å²) in [6.45, 7) is 6.48. The molecule has 0 saturated carbocycles. The van der Waals surface area contributed by atoms with Crippen molar-refractivity contribution in [3.05, 3.63) is 0 Å². The molecule has 1 aliphatic heterocycles. The van der Waals surface area contributed by atoms with E-state index in [4.69, 9.17) is 0 Å². The first-order valence-electron chi connectivity index (χ1n) is 6.42. The lowest BCUT2D eigenvalue weighted by atomic mass is 10.0. The van der Waals surface area contributed by atoms with Crippen LogP contribution in [0.15, 0.2) is 0 Å². The molecule has 2 N–H and O–H groups in total. The third-order valence-electron chi connectivity index (χ3n) is 3.23. The van der Waals surface area contributed by atoms with Crippen molar-refractivity contribution in [1.29, 1.82) is 0 Å². The number of piperidine rings is 1. The molecule has 0 unspecified atom stereocenters. The molecule has 0 aromatic heterocycles. The van der Waals surface area contributed by atoms with Crippen molar-refractivity contribution in [3.63, 3.8) is 0 Å². The normalized spacial score (nSPS) is 18.6. The van der Waals surface area contributed by atoms with E-state index in [1.807, 2.05) is 7.05 Å². The van der Waals surface area contributed by atoms with E-state index in [9.17, 15) is 4.79 Å². The van der Waals surface area contributed by atoms with Gasteiger partial charge in [0.25, 0.3) is 0 Å². The number of carbonyl (C=O) groups excluding carboxylic acids is 1. The van der Waals surface area contributed by atoms with Crippen molar-refractivity contribution in [3.8, 4) is 0 Å². The predicted octanol–water partition coefficient (Wildman–Crippen LogP) is 0.587. The summed E-state index contributed by atoms with van der Waals surface area (Å²) in [4.78, 5) is 14.0. The summed E-state index contributed by atoms with van der Waals surface area (Å²) >= 11 is 0. The standard InChI is InChI=1S/C12H25N3O/c1-3-15-9-6-11(7-10-15)14-12(16)5-4-8-13-2/h11,13H,3-10H2,1-2H3,(H,14,16). The van der Waals surface area contributed by atoms with Gasteiger partial charge in [-0.05, 0) is 39.4 Å². The highest BCUT2D eigenvalue weighted by Crippen LogP contribution is 2.09. The van der Waals surface area contributed by atoms with E-state index in [0.717, 1.165) is 45.4 Å². The van der Waals surface area contributed by atoms with Gasteiger partial charge in [-0.15, -0.1) is 0 Å². The van der Waals surface area contributed by atoms with Gasteiger partial charge < -0.3 is 15.5 Å². The minimum atomic E-state index is 0.213. The Morgan fingerprint density at radius 3 is 2.62 bits per heavy atom. The van der Waals surface area contributed by atoms with Crippen LogP contribution in [0.2, 0.25) is 0 Å².